The number of fused-ring (bicyclic) bond motifs is 1. The lowest BCUT2D eigenvalue weighted by atomic mass is 10.1. The zero-order valence-corrected chi connectivity index (χ0v) is 15.0. The summed E-state index contributed by atoms with van der Waals surface area (Å²) in [5.41, 5.74) is 2.65. The molecule has 2 aromatic heterocycles. The monoisotopic (exact) mass is 367 g/mol. The van der Waals surface area contributed by atoms with E-state index in [9.17, 15) is 4.79 Å². The Morgan fingerprint density at radius 1 is 1.38 bits per heavy atom. The van der Waals surface area contributed by atoms with Crippen LogP contribution in [0, 0.1) is 0 Å². The first-order valence-electron chi connectivity index (χ1n) is 8.31. The molecule has 1 aliphatic rings. The number of esters is 1. The standard InChI is InChI=1S/C20H17NO4S/c1-13-9-14-4-5-15(10-18(14)24-13)19-11-16(21-25-19)12-23-20(22)7-6-17-3-2-8-26-17/h2-8,10-11,13H,9,12H2,1H3/b7-6+. The van der Waals surface area contributed by atoms with Crippen LogP contribution in [-0.2, 0) is 22.6 Å². The molecule has 3 heterocycles. The minimum absolute atomic E-state index is 0.0651. The first kappa shape index (κ1) is 16.6. The highest BCUT2D eigenvalue weighted by molar-refractivity contribution is 7.10. The van der Waals surface area contributed by atoms with Crippen molar-refractivity contribution in [1.29, 1.82) is 0 Å². The molecule has 1 aromatic carbocycles. The number of carbonyl (C=O) groups excluding carboxylic acids is 1. The highest BCUT2D eigenvalue weighted by Gasteiger charge is 2.20. The van der Waals surface area contributed by atoms with Crippen molar-refractivity contribution < 1.29 is 18.8 Å². The summed E-state index contributed by atoms with van der Waals surface area (Å²) in [5, 5.41) is 5.92. The van der Waals surface area contributed by atoms with Gasteiger partial charge in [-0.25, -0.2) is 4.79 Å². The van der Waals surface area contributed by atoms with Gasteiger partial charge >= 0.3 is 5.97 Å². The Kier molecular flexibility index (Phi) is 4.58. The molecule has 132 valence electrons. The molecule has 0 fully saturated rings. The predicted octanol–water partition coefficient (Wildman–Crippen LogP) is 4.48. The van der Waals surface area contributed by atoms with Gasteiger partial charge in [-0.1, -0.05) is 23.4 Å². The Labute approximate surface area is 154 Å². The summed E-state index contributed by atoms with van der Waals surface area (Å²) in [6, 6.07) is 11.6. The summed E-state index contributed by atoms with van der Waals surface area (Å²) in [6.45, 7) is 2.11. The largest absolute Gasteiger partial charge is 0.490 e. The summed E-state index contributed by atoms with van der Waals surface area (Å²) in [4.78, 5) is 12.8. The maximum atomic E-state index is 11.8. The van der Waals surface area contributed by atoms with Gasteiger partial charge in [-0.05, 0) is 36.1 Å². The van der Waals surface area contributed by atoms with Crippen LogP contribution in [0.1, 0.15) is 23.1 Å². The van der Waals surface area contributed by atoms with Gasteiger partial charge < -0.3 is 14.0 Å². The van der Waals surface area contributed by atoms with Crippen LogP contribution < -0.4 is 4.74 Å². The van der Waals surface area contributed by atoms with E-state index in [0.717, 1.165) is 22.6 Å². The van der Waals surface area contributed by atoms with Crippen LogP contribution in [0.4, 0.5) is 0 Å². The fourth-order valence-corrected chi connectivity index (χ4v) is 3.42. The second-order valence-corrected chi connectivity index (χ2v) is 7.07. The van der Waals surface area contributed by atoms with Gasteiger partial charge in [-0.3, -0.25) is 0 Å². The summed E-state index contributed by atoms with van der Waals surface area (Å²) < 4.78 is 16.3. The summed E-state index contributed by atoms with van der Waals surface area (Å²) in [7, 11) is 0. The van der Waals surface area contributed by atoms with E-state index >= 15 is 0 Å². The molecule has 3 aromatic rings. The topological polar surface area (TPSA) is 61.6 Å². The zero-order valence-electron chi connectivity index (χ0n) is 14.2. The zero-order chi connectivity index (χ0) is 17.9. The molecule has 5 nitrogen and oxygen atoms in total. The number of benzene rings is 1. The average molecular weight is 367 g/mol. The van der Waals surface area contributed by atoms with Crippen LogP contribution in [0.3, 0.4) is 0 Å². The molecule has 6 heteroatoms. The van der Waals surface area contributed by atoms with E-state index in [2.05, 4.69) is 5.16 Å². The van der Waals surface area contributed by atoms with E-state index in [1.54, 1.807) is 23.5 Å². The van der Waals surface area contributed by atoms with E-state index < -0.39 is 5.97 Å². The van der Waals surface area contributed by atoms with E-state index in [-0.39, 0.29) is 12.7 Å². The Morgan fingerprint density at radius 3 is 3.15 bits per heavy atom. The van der Waals surface area contributed by atoms with E-state index in [0.29, 0.717) is 11.5 Å². The molecule has 0 radical (unpaired) electrons. The first-order chi connectivity index (χ1) is 12.7. The average Bonchev–Trinajstić information content (AvgIpc) is 3.37. The smallest absolute Gasteiger partial charge is 0.331 e. The molecule has 0 N–H and O–H groups in total. The minimum atomic E-state index is -0.414. The highest BCUT2D eigenvalue weighted by Crippen LogP contribution is 2.33. The van der Waals surface area contributed by atoms with Crippen LogP contribution in [0.15, 0.2) is 52.4 Å². The quantitative estimate of drug-likeness (QED) is 0.491. The molecule has 0 amide bonds. The molecule has 1 unspecified atom stereocenters. The number of aromatic nitrogens is 1. The highest BCUT2D eigenvalue weighted by atomic mass is 32.1. The summed E-state index contributed by atoms with van der Waals surface area (Å²) in [6.07, 6.45) is 4.26. The van der Waals surface area contributed by atoms with Gasteiger partial charge in [-0.15, -0.1) is 11.3 Å². The van der Waals surface area contributed by atoms with Crippen molar-refractivity contribution in [2.75, 3.05) is 0 Å². The first-order valence-corrected chi connectivity index (χ1v) is 9.19. The Bertz CT molecular complexity index is 943. The Morgan fingerprint density at radius 2 is 2.31 bits per heavy atom. The lowest BCUT2D eigenvalue weighted by Gasteiger charge is -2.03. The molecule has 1 atom stereocenters. The van der Waals surface area contributed by atoms with Gasteiger partial charge in [0.15, 0.2) is 5.76 Å². The fourth-order valence-electron chi connectivity index (χ4n) is 2.80. The summed E-state index contributed by atoms with van der Waals surface area (Å²) in [5.74, 6) is 1.09. The van der Waals surface area contributed by atoms with Crippen molar-refractivity contribution in [2.45, 2.75) is 26.1 Å². The number of rotatable bonds is 5. The minimum Gasteiger partial charge on any atom is -0.490 e. The van der Waals surface area contributed by atoms with Crippen LogP contribution in [0.25, 0.3) is 17.4 Å². The Hall–Kier alpha value is -2.86. The third-order valence-electron chi connectivity index (χ3n) is 4.04. The molecular formula is C20H17NO4S. The molecule has 4 rings (SSSR count). The molecule has 26 heavy (non-hydrogen) atoms. The van der Waals surface area contributed by atoms with E-state index in [1.165, 1.54) is 11.6 Å². The molecule has 0 saturated heterocycles. The van der Waals surface area contributed by atoms with Gasteiger partial charge in [0.05, 0.1) is 0 Å². The lowest BCUT2D eigenvalue weighted by Crippen LogP contribution is -2.05. The third-order valence-corrected chi connectivity index (χ3v) is 4.87. The molecule has 1 aliphatic heterocycles. The Balaban J connectivity index is 1.38. The van der Waals surface area contributed by atoms with Crippen LogP contribution >= 0.6 is 11.3 Å². The van der Waals surface area contributed by atoms with Gasteiger partial charge in [0.1, 0.15) is 24.2 Å². The SMILES string of the molecule is CC1Cc2ccc(-c3cc(COC(=O)/C=C/c4cccs4)no3)cc2O1. The predicted molar refractivity (Wildman–Crippen MR) is 98.9 cm³/mol. The molecule has 0 bridgehead atoms. The third kappa shape index (κ3) is 3.70. The van der Waals surface area contributed by atoms with Crippen LogP contribution in [-0.4, -0.2) is 17.2 Å². The van der Waals surface area contributed by atoms with Crippen LogP contribution in [0.2, 0.25) is 0 Å². The summed E-state index contributed by atoms with van der Waals surface area (Å²) >= 11 is 1.56. The fraction of sp³-hybridized carbons (Fsp3) is 0.200. The van der Waals surface area contributed by atoms with Gasteiger partial charge in [0.25, 0.3) is 0 Å². The van der Waals surface area contributed by atoms with Crippen molar-refractivity contribution in [2.24, 2.45) is 0 Å². The molecule has 0 spiro atoms. The van der Waals surface area contributed by atoms with Crippen molar-refractivity contribution in [3.63, 3.8) is 0 Å². The maximum Gasteiger partial charge on any atom is 0.331 e. The van der Waals surface area contributed by atoms with Crippen molar-refractivity contribution in [3.8, 4) is 17.1 Å². The van der Waals surface area contributed by atoms with Gasteiger partial charge in [0.2, 0.25) is 0 Å². The van der Waals surface area contributed by atoms with Crippen molar-refractivity contribution in [1.82, 2.24) is 5.16 Å². The van der Waals surface area contributed by atoms with Crippen LogP contribution in [0.5, 0.6) is 5.75 Å². The molecular weight excluding hydrogens is 350 g/mol. The van der Waals surface area contributed by atoms with Crippen molar-refractivity contribution in [3.05, 3.63) is 64.0 Å². The number of hydrogen-bond donors (Lipinski definition) is 0. The second kappa shape index (κ2) is 7.17. The number of hydrogen-bond acceptors (Lipinski definition) is 6. The van der Waals surface area contributed by atoms with Gasteiger partial charge in [0, 0.05) is 29.0 Å². The van der Waals surface area contributed by atoms with E-state index in [1.807, 2.05) is 42.6 Å². The van der Waals surface area contributed by atoms with Crippen molar-refractivity contribution >= 4 is 23.4 Å². The number of carbonyl (C=O) groups is 1. The lowest BCUT2D eigenvalue weighted by molar-refractivity contribution is -0.139. The molecule has 0 saturated carbocycles. The molecule has 0 aliphatic carbocycles. The number of nitrogens with zero attached hydrogens (tertiary/aromatic N) is 1. The second-order valence-electron chi connectivity index (χ2n) is 6.09. The normalized spacial score (nSPS) is 15.8. The maximum absolute atomic E-state index is 11.8. The number of ether oxygens (including phenoxy) is 2. The number of thiophene rings is 1. The van der Waals surface area contributed by atoms with Gasteiger partial charge in [-0.2, -0.15) is 0 Å². The van der Waals surface area contributed by atoms with E-state index in [4.69, 9.17) is 14.0 Å².